The van der Waals surface area contributed by atoms with Crippen molar-refractivity contribution in [2.45, 2.75) is 52.5 Å². The second kappa shape index (κ2) is 10.2. The Morgan fingerprint density at radius 3 is 2.41 bits per heavy atom. The molecule has 0 aliphatic carbocycles. The lowest BCUT2D eigenvalue weighted by molar-refractivity contribution is 0.347. The molecule has 0 fully saturated rings. The van der Waals surface area contributed by atoms with Crippen molar-refractivity contribution < 1.29 is 0 Å². The van der Waals surface area contributed by atoms with Gasteiger partial charge in [0, 0.05) is 23.8 Å². The standard InChI is InChI=1S/C29H32BClN8/c1-27(2,3)17-35-25-19(14-33)15-34-26-22(25)11-21(12-23(26)31)36-29(30,20-9-7-8-18(10-20)13-32)24-16-39(38-37-24)28(4,5)6/h7-12,15-16,36H,17,30H2,1-6H3,(H,34,35). The fraction of sp³-hybridized carbons (Fsp3) is 0.345. The summed E-state index contributed by atoms with van der Waals surface area (Å²) in [5, 5.41) is 36.6. The average molecular weight is 539 g/mol. The van der Waals surface area contributed by atoms with E-state index in [-0.39, 0.29) is 11.0 Å². The minimum absolute atomic E-state index is 0.00874. The summed E-state index contributed by atoms with van der Waals surface area (Å²) in [6.07, 6.45) is 3.47. The Morgan fingerprint density at radius 2 is 1.79 bits per heavy atom. The number of fused-ring (bicyclic) bond motifs is 1. The van der Waals surface area contributed by atoms with E-state index in [4.69, 9.17) is 11.6 Å². The molecule has 0 spiro atoms. The fourth-order valence-electron chi connectivity index (χ4n) is 4.25. The Hall–Kier alpha value is -4.08. The number of aromatic nitrogens is 4. The number of hydrogen-bond acceptors (Lipinski definition) is 7. The molecule has 0 saturated carbocycles. The van der Waals surface area contributed by atoms with E-state index in [1.54, 1.807) is 12.3 Å². The monoisotopic (exact) mass is 538 g/mol. The van der Waals surface area contributed by atoms with Crippen LogP contribution < -0.4 is 10.6 Å². The molecule has 2 heterocycles. The van der Waals surface area contributed by atoms with Crippen LogP contribution in [0.15, 0.2) is 48.8 Å². The minimum atomic E-state index is -0.868. The molecule has 8 nitrogen and oxygen atoms in total. The molecule has 0 aliphatic heterocycles. The van der Waals surface area contributed by atoms with Crippen LogP contribution in [0.2, 0.25) is 5.02 Å². The van der Waals surface area contributed by atoms with Gasteiger partial charge in [0.25, 0.3) is 0 Å². The first-order valence-electron chi connectivity index (χ1n) is 12.7. The van der Waals surface area contributed by atoms with Crippen LogP contribution >= 0.6 is 11.6 Å². The first-order chi connectivity index (χ1) is 18.2. The second-order valence-corrected chi connectivity index (χ2v) is 12.5. The highest BCUT2D eigenvalue weighted by Crippen LogP contribution is 2.37. The third-order valence-electron chi connectivity index (χ3n) is 6.50. The van der Waals surface area contributed by atoms with E-state index in [1.165, 1.54) is 0 Å². The molecule has 0 radical (unpaired) electrons. The summed E-state index contributed by atoms with van der Waals surface area (Å²) < 4.78 is 1.82. The van der Waals surface area contributed by atoms with Gasteiger partial charge in [-0.05, 0) is 56.0 Å². The topological polar surface area (TPSA) is 115 Å². The Labute approximate surface area is 235 Å². The van der Waals surface area contributed by atoms with Crippen molar-refractivity contribution >= 4 is 41.7 Å². The van der Waals surface area contributed by atoms with Gasteiger partial charge in [0.1, 0.15) is 19.6 Å². The van der Waals surface area contributed by atoms with Crippen LogP contribution in [0.3, 0.4) is 0 Å². The number of nitriles is 2. The number of nitrogens with one attached hydrogen (secondary N) is 2. The normalized spacial score (nSPS) is 13.4. The molecule has 0 amide bonds. The lowest BCUT2D eigenvalue weighted by atomic mass is 9.69. The highest BCUT2D eigenvalue weighted by Gasteiger charge is 2.34. The zero-order chi connectivity index (χ0) is 28.6. The summed E-state index contributed by atoms with van der Waals surface area (Å²) in [6, 6.07) is 15.7. The van der Waals surface area contributed by atoms with Gasteiger partial charge in [-0.2, -0.15) is 10.5 Å². The zero-order valence-corrected chi connectivity index (χ0v) is 24.1. The van der Waals surface area contributed by atoms with Crippen molar-refractivity contribution in [1.82, 2.24) is 20.0 Å². The summed E-state index contributed by atoms with van der Waals surface area (Å²) in [5.41, 5.74) is 3.36. The number of anilines is 2. The van der Waals surface area contributed by atoms with Crippen molar-refractivity contribution in [1.29, 1.82) is 10.5 Å². The maximum Gasteiger partial charge on any atom is 0.148 e. The third-order valence-corrected chi connectivity index (χ3v) is 6.79. The van der Waals surface area contributed by atoms with E-state index in [9.17, 15) is 10.5 Å². The molecule has 0 bridgehead atoms. The smallest absolute Gasteiger partial charge is 0.148 e. The average Bonchev–Trinajstić information content (AvgIpc) is 3.39. The van der Waals surface area contributed by atoms with Crippen molar-refractivity contribution in [2.24, 2.45) is 5.41 Å². The van der Waals surface area contributed by atoms with Crippen LogP contribution in [0.25, 0.3) is 10.9 Å². The predicted molar refractivity (Wildman–Crippen MR) is 159 cm³/mol. The van der Waals surface area contributed by atoms with E-state index < -0.39 is 5.44 Å². The van der Waals surface area contributed by atoms with Crippen molar-refractivity contribution in [3.63, 3.8) is 0 Å². The molecule has 1 unspecified atom stereocenters. The Bertz CT molecular complexity index is 1620. The molecular weight excluding hydrogens is 507 g/mol. The molecule has 2 aromatic heterocycles. The maximum absolute atomic E-state index is 9.82. The van der Waals surface area contributed by atoms with E-state index >= 15 is 0 Å². The molecule has 198 valence electrons. The quantitative estimate of drug-likeness (QED) is 0.317. The molecule has 0 saturated heterocycles. The number of hydrogen-bond donors (Lipinski definition) is 2. The van der Waals surface area contributed by atoms with E-state index in [1.807, 2.05) is 49.1 Å². The van der Waals surface area contributed by atoms with E-state index in [0.29, 0.717) is 45.3 Å². The molecule has 0 aliphatic rings. The Balaban J connectivity index is 1.90. The highest BCUT2D eigenvalue weighted by atomic mass is 35.5. The van der Waals surface area contributed by atoms with Crippen LogP contribution in [0.1, 0.15) is 63.9 Å². The number of benzene rings is 2. The largest absolute Gasteiger partial charge is 0.383 e. The molecule has 2 aromatic carbocycles. The second-order valence-electron chi connectivity index (χ2n) is 12.1. The van der Waals surface area contributed by atoms with Gasteiger partial charge in [-0.1, -0.05) is 49.7 Å². The molecule has 2 N–H and O–H groups in total. The summed E-state index contributed by atoms with van der Waals surface area (Å²) in [5.74, 6) is 0. The summed E-state index contributed by atoms with van der Waals surface area (Å²) in [6.45, 7) is 13.2. The van der Waals surface area contributed by atoms with Gasteiger partial charge in [0.05, 0.1) is 50.6 Å². The van der Waals surface area contributed by atoms with Gasteiger partial charge in [0.15, 0.2) is 0 Å². The zero-order valence-electron chi connectivity index (χ0n) is 23.4. The fourth-order valence-corrected chi connectivity index (χ4v) is 4.52. The van der Waals surface area contributed by atoms with Crippen LogP contribution in [0, 0.1) is 28.1 Å². The lowest BCUT2D eigenvalue weighted by Gasteiger charge is -2.32. The van der Waals surface area contributed by atoms with Crippen molar-refractivity contribution in [3.8, 4) is 12.1 Å². The molecule has 4 rings (SSSR count). The number of pyridine rings is 1. The van der Waals surface area contributed by atoms with Crippen LogP contribution in [-0.2, 0) is 11.0 Å². The van der Waals surface area contributed by atoms with Gasteiger partial charge >= 0.3 is 0 Å². The van der Waals surface area contributed by atoms with Gasteiger partial charge in [-0.15, -0.1) is 5.10 Å². The number of rotatable bonds is 6. The van der Waals surface area contributed by atoms with Gasteiger partial charge < -0.3 is 10.6 Å². The molecule has 10 heteroatoms. The lowest BCUT2D eigenvalue weighted by Crippen LogP contribution is -2.38. The third kappa shape index (κ3) is 5.84. The van der Waals surface area contributed by atoms with Gasteiger partial charge in [0.2, 0.25) is 0 Å². The van der Waals surface area contributed by atoms with Gasteiger partial charge in [-0.3, -0.25) is 4.98 Å². The SMILES string of the molecule is BC(Nc1cc(Cl)c2ncc(C#N)c(NCC(C)(C)C)c2c1)(c1cccc(C#N)c1)c1cn(C(C)(C)C)nn1. The summed E-state index contributed by atoms with van der Waals surface area (Å²) in [7, 11) is 2.00. The molecular formula is C29H32BClN8. The summed E-state index contributed by atoms with van der Waals surface area (Å²) in [4.78, 5) is 4.48. The van der Waals surface area contributed by atoms with Gasteiger partial charge in [-0.25, -0.2) is 4.68 Å². The Kier molecular flexibility index (Phi) is 7.34. The van der Waals surface area contributed by atoms with E-state index in [0.717, 1.165) is 10.9 Å². The minimum Gasteiger partial charge on any atom is -0.383 e. The van der Waals surface area contributed by atoms with E-state index in [2.05, 4.69) is 79.6 Å². The van der Waals surface area contributed by atoms with Crippen molar-refractivity contribution in [3.05, 3.63) is 76.2 Å². The van der Waals surface area contributed by atoms with Crippen LogP contribution in [-0.4, -0.2) is 34.4 Å². The number of halogens is 1. The highest BCUT2D eigenvalue weighted by molar-refractivity contribution is 6.36. The predicted octanol–water partition coefficient (Wildman–Crippen LogP) is 5.38. The number of nitrogens with zero attached hydrogens (tertiary/aromatic N) is 6. The summed E-state index contributed by atoms with van der Waals surface area (Å²) >= 11 is 6.76. The molecule has 1 atom stereocenters. The maximum atomic E-state index is 9.82. The first-order valence-corrected chi connectivity index (χ1v) is 13.1. The van der Waals surface area contributed by atoms with Crippen LogP contribution in [0.5, 0.6) is 0 Å². The van der Waals surface area contributed by atoms with Crippen molar-refractivity contribution in [2.75, 3.05) is 17.2 Å². The Morgan fingerprint density at radius 1 is 1.05 bits per heavy atom. The van der Waals surface area contributed by atoms with Crippen LogP contribution in [0.4, 0.5) is 11.4 Å². The molecule has 39 heavy (non-hydrogen) atoms. The first kappa shape index (κ1) is 27.9. The molecule has 4 aromatic rings.